The fraction of sp³-hybridized carbons (Fsp3) is 0.333. The van der Waals surface area contributed by atoms with Crippen LogP contribution in [0.4, 0.5) is 5.69 Å². The highest BCUT2D eigenvalue weighted by Gasteiger charge is 2.11. The highest BCUT2D eigenvalue weighted by atomic mass is 32.1. The molecule has 28 heavy (non-hydrogen) atoms. The zero-order chi connectivity index (χ0) is 20.7. The molecule has 150 valence electrons. The molecule has 0 aliphatic heterocycles. The lowest BCUT2D eigenvalue weighted by Crippen LogP contribution is -2.37. The molecule has 2 N–H and O–H groups in total. The number of carbonyl (C=O) groups is 1. The second-order valence-corrected chi connectivity index (χ2v) is 6.94. The highest BCUT2D eigenvalue weighted by Crippen LogP contribution is 2.29. The summed E-state index contributed by atoms with van der Waals surface area (Å²) < 4.78 is 16.0. The molecule has 7 heteroatoms. The second-order valence-electron chi connectivity index (χ2n) is 6.53. The summed E-state index contributed by atoms with van der Waals surface area (Å²) in [7, 11) is 3.12. The van der Waals surface area contributed by atoms with E-state index in [-0.39, 0.29) is 17.6 Å². The van der Waals surface area contributed by atoms with E-state index in [0.29, 0.717) is 28.9 Å². The van der Waals surface area contributed by atoms with Gasteiger partial charge < -0.3 is 19.5 Å². The van der Waals surface area contributed by atoms with Crippen LogP contribution < -0.4 is 24.8 Å². The van der Waals surface area contributed by atoms with Crippen molar-refractivity contribution in [2.24, 2.45) is 0 Å². The first-order valence-electron chi connectivity index (χ1n) is 8.90. The maximum absolute atomic E-state index is 12.1. The topological polar surface area (TPSA) is 68.8 Å². The van der Waals surface area contributed by atoms with Crippen molar-refractivity contribution in [1.29, 1.82) is 0 Å². The average molecular weight is 403 g/mol. The maximum Gasteiger partial charge on any atom is 0.264 e. The summed E-state index contributed by atoms with van der Waals surface area (Å²) >= 11 is 5.19. The van der Waals surface area contributed by atoms with Crippen molar-refractivity contribution in [3.05, 3.63) is 47.5 Å². The van der Waals surface area contributed by atoms with Crippen LogP contribution in [0.3, 0.4) is 0 Å². The minimum Gasteiger partial charge on any atom is -0.497 e. The number of rotatable bonds is 7. The van der Waals surface area contributed by atoms with Crippen molar-refractivity contribution in [2.75, 3.05) is 26.1 Å². The third-order valence-electron chi connectivity index (χ3n) is 4.14. The molecule has 1 amide bonds. The minimum absolute atomic E-state index is 0.137. The number of anilines is 1. The Labute approximate surface area is 171 Å². The van der Waals surface area contributed by atoms with Crippen molar-refractivity contribution in [1.82, 2.24) is 5.32 Å². The van der Waals surface area contributed by atoms with Gasteiger partial charge in [0.15, 0.2) is 11.7 Å². The summed E-state index contributed by atoms with van der Waals surface area (Å²) in [5.41, 5.74) is 3.02. The highest BCUT2D eigenvalue weighted by molar-refractivity contribution is 7.80. The number of nitrogens with one attached hydrogen (secondary N) is 2. The molecule has 0 atom stereocenters. The first kappa shape index (κ1) is 21.5. The molecule has 0 aliphatic carbocycles. The Bertz CT molecular complexity index is 852. The molecule has 0 heterocycles. The summed E-state index contributed by atoms with van der Waals surface area (Å²) in [5, 5.41) is 5.68. The van der Waals surface area contributed by atoms with Crippen LogP contribution in [-0.2, 0) is 4.79 Å². The third-order valence-corrected chi connectivity index (χ3v) is 4.35. The summed E-state index contributed by atoms with van der Waals surface area (Å²) in [6.07, 6.45) is 0. The number of hydrogen-bond donors (Lipinski definition) is 2. The molecule has 0 bridgehead atoms. The quantitative estimate of drug-likeness (QED) is 0.682. The SMILES string of the molecule is COc1ccc(NC(=S)NC(=O)COc2ccc(C(C)C)c(C)c2)c(OC)c1. The van der Waals surface area contributed by atoms with Gasteiger partial charge in [-0.25, -0.2) is 0 Å². The largest absolute Gasteiger partial charge is 0.497 e. The third kappa shape index (κ3) is 5.85. The number of amides is 1. The predicted molar refractivity (Wildman–Crippen MR) is 115 cm³/mol. The predicted octanol–water partition coefficient (Wildman–Crippen LogP) is 4.03. The van der Waals surface area contributed by atoms with Crippen molar-refractivity contribution >= 4 is 28.9 Å². The molecule has 0 saturated carbocycles. The summed E-state index contributed by atoms with van der Waals surface area (Å²) in [6.45, 7) is 6.18. The van der Waals surface area contributed by atoms with Crippen LogP contribution in [0.15, 0.2) is 36.4 Å². The summed E-state index contributed by atoms with van der Waals surface area (Å²) in [6, 6.07) is 11.1. The van der Waals surface area contributed by atoms with E-state index in [2.05, 4.69) is 24.5 Å². The number of aryl methyl sites for hydroxylation is 1. The number of carbonyl (C=O) groups excluding carboxylic acids is 1. The lowest BCUT2D eigenvalue weighted by atomic mass is 9.98. The van der Waals surface area contributed by atoms with Crippen LogP contribution in [0.25, 0.3) is 0 Å². The average Bonchev–Trinajstić information content (AvgIpc) is 2.66. The zero-order valence-corrected chi connectivity index (χ0v) is 17.6. The molecular weight excluding hydrogens is 376 g/mol. The Hall–Kier alpha value is -2.80. The van der Waals surface area contributed by atoms with Gasteiger partial charge in [-0.05, 0) is 60.5 Å². The lowest BCUT2D eigenvalue weighted by molar-refractivity contribution is -0.121. The Balaban J connectivity index is 1.89. The number of benzene rings is 2. The minimum atomic E-state index is -0.351. The molecule has 0 aliphatic rings. The van der Waals surface area contributed by atoms with Crippen LogP contribution in [0.2, 0.25) is 0 Å². The fourth-order valence-corrected chi connectivity index (χ4v) is 2.98. The normalized spacial score (nSPS) is 10.4. The van der Waals surface area contributed by atoms with E-state index < -0.39 is 0 Å². The lowest BCUT2D eigenvalue weighted by Gasteiger charge is -2.14. The van der Waals surface area contributed by atoms with Gasteiger partial charge in [-0.15, -0.1) is 0 Å². The van der Waals surface area contributed by atoms with Crippen LogP contribution in [0.1, 0.15) is 30.9 Å². The van der Waals surface area contributed by atoms with Crippen molar-refractivity contribution in [3.8, 4) is 17.2 Å². The van der Waals surface area contributed by atoms with E-state index in [4.69, 9.17) is 26.4 Å². The van der Waals surface area contributed by atoms with Gasteiger partial charge in [0.05, 0.1) is 19.9 Å². The Morgan fingerprint density at radius 3 is 2.39 bits per heavy atom. The molecule has 2 aromatic rings. The van der Waals surface area contributed by atoms with E-state index >= 15 is 0 Å². The Morgan fingerprint density at radius 2 is 1.79 bits per heavy atom. The molecule has 2 rings (SSSR count). The van der Waals surface area contributed by atoms with Gasteiger partial charge >= 0.3 is 0 Å². The molecule has 0 spiro atoms. The number of hydrogen-bond acceptors (Lipinski definition) is 5. The van der Waals surface area contributed by atoms with Crippen molar-refractivity contribution < 1.29 is 19.0 Å². The zero-order valence-electron chi connectivity index (χ0n) is 16.8. The van der Waals surface area contributed by atoms with Crippen LogP contribution in [0.5, 0.6) is 17.2 Å². The van der Waals surface area contributed by atoms with Gasteiger partial charge in [0.2, 0.25) is 0 Å². The second kappa shape index (κ2) is 9.94. The summed E-state index contributed by atoms with van der Waals surface area (Å²) in [4.78, 5) is 12.1. The van der Waals surface area contributed by atoms with Crippen LogP contribution >= 0.6 is 12.2 Å². The molecule has 0 saturated heterocycles. The molecule has 0 aromatic heterocycles. The first-order chi connectivity index (χ1) is 13.3. The fourth-order valence-electron chi connectivity index (χ4n) is 2.75. The van der Waals surface area contributed by atoms with E-state index in [1.54, 1.807) is 32.4 Å². The smallest absolute Gasteiger partial charge is 0.264 e. The number of thiocarbonyl (C=S) groups is 1. The van der Waals surface area contributed by atoms with Gasteiger partial charge in [-0.3, -0.25) is 10.1 Å². The van der Waals surface area contributed by atoms with E-state index in [0.717, 1.165) is 5.56 Å². The molecular formula is C21H26N2O4S. The first-order valence-corrected chi connectivity index (χ1v) is 9.31. The van der Waals surface area contributed by atoms with Crippen molar-refractivity contribution in [2.45, 2.75) is 26.7 Å². The monoisotopic (exact) mass is 402 g/mol. The maximum atomic E-state index is 12.1. The van der Waals surface area contributed by atoms with Gasteiger partial charge in [0.1, 0.15) is 17.2 Å². The van der Waals surface area contributed by atoms with Crippen molar-refractivity contribution in [3.63, 3.8) is 0 Å². The molecule has 0 radical (unpaired) electrons. The van der Waals surface area contributed by atoms with Gasteiger partial charge in [0.25, 0.3) is 5.91 Å². The van der Waals surface area contributed by atoms with Crippen LogP contribution in [0, 0.1) is 6.92 Å². The standard InChI is InChI=1S/C21H26N2O4S/c1-13(2)17-8-6-16(10-14(17)3)27-12-20(24)23-21(28)22-18-9-7-15(25-4)11-19(18)26-5/h6-11,13H,12H2,1-5H3,(H2,22,23,24,28). The number of methoxy groups -OCH3 is 2. The molecule has 0 unspecified atom stereocenters. The van der Waals surface area contributed by atoms with Gasteiger partial charge in [-0.2, -0.15) is 0 Å². The molecule has 0 fully saturated rings. The van der Waals surface area contributed by atoms with E-state index in [1.807, 2.05) is 25.1 Å². The Morgan fingerprint density at radius 1 is 1.07 bits per heavy atom. The molecule has 6 nitrogen and oxygen atoms in total. The number of ether oxygens (including phenoxy) is 3. The van der Waals surface area contributed by atoms with E-state index in [9.17, 15) is 4.79 Å². The van der Waals surface area contributed by atoms with E-state index in [1.165, 1.54) is 5.56 Å². The van der Waals surface area contributed by atoms with Gasteiger partial charge in [0, 0.05) is 6.07 Å². The summed E-state index contributed by atoms with van der Waals surface area (Å²) in [5.74, 6) is 1.94. The Kier molecular flexibility index (Phi) is 7.63. The van der Waals surface area contributed by atoms with Crippen LogP contribution in [-0.4, -0.2) is 31.8 Å². The van der Waals surface area contributed by atoms with Gasteiger partial charge in [-0.1, -0.05) is 19.9 Å². The molecule has 2 aromatic carbocycles.